The average molecular weight is 247 g/mol. The number of piperidine rings is 1. The molecule has 0 atom stereocenters. The fourth-order valence-corrected chi connectivity index (χ4v) is 2.69. The molecule has 2 nitrogen and oxygen atoms in total. The minimum atomic E-state index is -0.168. The van der Waals surface area contributed by atoms with Crippen LogP contribution in [0.1, 0.15) is 44.2 Å². The lowest BCUT2D eigenvalue weighted by atomic mass is 9.83. The molecule has 1 aliphatic rings. The van der Waals surface area contributed by atoms with Crippen LogP contribution in [0.15, 0.2) is 18.2 Å². The van der Waals surface area contributed by atoms with Gasteiger partial charge < -0.3 is 10.0 Å². The minimum Gasteiger partial charge on any atom is -0.395 e. The molecule has 1 aromatic carbocycles. The van der Waals surface area contributed by atoms with Gasteiger partial charge in [0, 0.05) is 24.2 Å². The van der Waals surface area contributed by atoms with Gasteiger partial charge in [-0.15, -0.1) is 0 Å². The van der Waals surface area contributed by atoms with Crippen molar-refractivity contribution in [1.29, 1.82) is 0 Å². The van der Waals surface area contributed by atoms with E-state index in [1.165, 1.54) is 36.1 Å². The molecule has 0 saturated carbocycles. The van der Waals surface area contributed by atoms with Crippen LogP contribution in [0.5, 0.6) is 0 Å². The highest BCUT2D eigenvalue weighted by atomic mass is 16.3. The topological polar surface area (TPSA) is 23.5 Å². The van der Waals surface area contributed by atoms with Crippen molar-refractivity contribution < 1.29 is 5.11 Å². The first-order valence-corrected chi connectivity index (χ1v) is 7.01. The van der Waals surface area contributed by atoms with E-state index in [-0.39, 0.29) is 12.0 Å². The Morgan fingerprint density at radius 1 is 1.17 bits per heavy atom. The number of nitrogens with zero attached hydrogens (tertiary/aromatic N) is 1. The number of rotatable bonds is 3. The molecule has 1 saturated heterocycles. The molecule has 2 heteroatoms. The lowest BCUT2D eigenvalue weighted by molar-refractivity contribution is 0.218. The average Bonchev–Trinajstić information content (AvgIpc) is 2.39. The molecule has 1 heterocycles. The lowest BCUT2D eigenvalue weighted by Gasteiger charge is -2.35. The molecule has 1 aliphatic heterocycles. The minimum absolute atomic E-state index is 0.168. The molecule has 1 fully saturated rings. The van der Waals surface area contributed by atoms with Gasteiger partial charge in [0.2, 0.25) is 0 Å². The predicted octanol–water partition coefficient (Wildman–Crippen LogP) is 3.26. The number of aliphatic hydroxyl groups is 1. The van der Waals surface area contributed by atoms with Crippen molar-refractivity contribution in [1.82, 2.24) is 0 Å². The van der Waals surface area contributed by atoms with Crippen molar-refractivity contribution in [3.8, 4) is 0 Å². The van der Waals surface area contributed by atoms with Crippen molar-refractivity contribution in [3.63, 3.8) is 0 Å². The van der Waals surface area contributed by atoms with Crippen LogP contribution in [0.25, 0.3) is 0 Å². The van der Waals surface area contributed by atoms with Crippen LogP contribution in [0.3, 0.4) is 0 Å². The van der Waals surface area contributed by atoms with Crippen LogP contribution < -0.4 is 4.90 Å². The first kappa shape index (κ1) is 13.4. The smallest absolute Gasteiger partial charge is 0.0523 e. The van der Waals surface area contributed by atoms with Crippen molar-refractivity contribution in [2.24, 2.45) is 0 Å². The van der Waals surface area contributed by atoms with Crippen LogP contribution in [-0.2, 0) is 5.41 Å². The number of benzene rings is 1. The fourth-order valence-electron chi connectivity index (χ4n) is 2.69. The fraction of sp³-hybridized carbons (Fsp3) is 0.625. The molecule has 0 bridgehead atoms. The Morgan fingerprint density at radius 3 is 2.44 bits per heavy atom. The second-order valence-corrected chi connectivity index (χ2v) is 6.11. The van der Waals surface area contributed by atoms with Crippen LogP contribution >= 0.6 is 0 Å². The molecule has 0 aliphatic carbocycles. The summed E-state index contributed by atoms with van der Waals surface area (Å²) in [5.41, 5.74) is 3.71. The maximum atomic E-state index is 9.64. The number of hydrogen-bond acceptors (Lipinski definition) is 2. The Balaban J connectivity index is 2.39. The molecule has 0 amide bonds. The molecular formula is C16H25NO. The summed E-state index contributed by atoms with van der Waals surface area (Å²) in [4.78, 5) is 2.48. The molecule has 0 unspecified atom stereocenters. The molecule has 1 aromatic rings. The normalized spacial score (nSPS) is 17.0. The number of aryl methyl sites for hydroxylation is 1. The highest BCUT2D eigenvalue weighted by molar-refractivity contribution is 5.58. The second-order valence-electron chi connectivity index (χ2n) is 6.11. The SMILES string of the molecule is Cc1ccc(N2CCCCC2)c(C(C)(C)CO)c1. The Hall–Kier alpha value is -1.02. The summed E-state index contributed by atoms with van der Waals surface area (Å²) >= 11 is 0. The van der Waals surface area contributed by atoms with Gasteiger partial charge >= 0.3 is 0 Å². The van der Waals surface area contributed by atoms with Crippen molar-refractivity contribution in [2.45, 2.75) is 45.4 Å². The molecule has 1 N–H and O–H groups in total. The van der Waals surface area contributed by atoms with Gasteiger partial charge in [0.15, 0.2) is 0 Å². The third kappa shape index (κ3) is 2.69. The summed E-state index contributed by atoms with van der Waals surface area (Å²) in [5, 5.41) is 9.64. The van der Waals surface area contributed by atoms with Gasteiger partial charge in [0.25, 0.3) is 0 Å². The van der Waals surface area contributed by atoms with E-state index in [2.05, 4.69) is 43.9 Å². The third-order valence-electron chi connectivity index (χ3n) is 3.97. The Bertz CT molecular complexity index is 406. The monoisotopic (exact) mass is 247 g/mol. The molecule has 18 heavy (non-hydrogen) atoms. The Kier molecular flexibility index (Phi) is 3.96. The molecule has 0 aromatic heterocycles. The third-order valence-corrected chi connectivity index (χ3v) is 3.97. The van der Waals surface area contributed by atoms with E-state index in [0.717, 1.165) is 13.1 Å². The highest BCUT2D eigenvalue weighted by Crippen LogP contribution is 2.34. The summed E-state index contributed by atoms with van der Waals surface area (Å²) in [6.45, 7) is 8.85. The largest absolute Gasteiger partial charge is 0.395 e. The van der Waals surface area contributed by atoms with Crippen molar-refractivity contribution >= 4 is 5.69 Å². The Morgan fingerprint density at radius 2 is 1.83 bits per heavy atom. The van der Waals surface area contributed by atoms with E-state index in [0.29, 0.717) is 0 Å². The van der Waals surface area contributed by atoms with Crippen LogP contribution in [0.2, 0.25) is 0 Å². The zero-order valence-corrected chi connectivity index (χ0v) is 11.9. The summed E-state index contributed by atoms with van der Waals surface area (Å²) in [5.74, 6) is 0. The lowest BCUT2D eigenvalue weighted by Crippen LogP contribution is -2.33. The van der Waals surface area contributed by atoms with E-state index >= 15 is 0 Å². The van der Waals surface area contributed by atoms with Crippen LogP contribution in [0, 0.1) is 6.92 Å². The first-order chi connectivity index (χ1) is 8.54. The van der Waals surface area contributed by atoms with Crippen LogP contribution in [-0.4, -0.2) is 24.8 Å². The summed E-state index contributed by atoms with van der Waals surface area (Å²) in [6.07, 6.45) is 3.92. The van der Waals surface area contributed by atoms with Crippen LogP contribution in [0.4, 0.5) is 5.69 Å². The zero-order chi connectivity index (χ0) is 13.2. The van der Waals surface area contributed by atoms with Gasteiger partial charge in [-0.1, -0.05) is 31.5 Å². The maximum Gasteiger partial charge on any atom is 0.0523 e. The van der Waals surface area contributed by atoms with E-state index in [1.54, 1.807) is 0 Å². The molecule has 100 valence electrons. The highest BCUT2D eigenvalue weighted by Gasteiger charge is 2.25. The molecule has 0 spiro atoms. The zero-order valence-electron chi connectivity index (χ0n) is 11.9. The van der Waals surface area contributed by atoms with E-state index in [4.69, 9.17) is 0 Å². The summed E-state index contributed by atoms with van der Waals surface area (Å²) in [7, 11) is 0. The molecular weight excluding hydrogens is 222 g/mol. The number of anilines is 1. The van der Waals surface area contributed by atoms with E-state index in [9.17, 15) is 5.11 Å². The van der Waals surface area contributed by atoms with Crippen molar-refractivity contribution in [2.75, 3.05) is 24.6 Å². The second kappa shape index (κ2) is 5.31. The first-order valence-electron chi connectivity index (χ1n) is 7.01. The van der Waals surface area contributed by atoms with Gasteiger partial charge in [-0.25, -0.2) is 0 Å². The summed E-state index contributed by atoms with van der Waals surface area (Å²) < 4.78 is 0. The quantitative estimate of drug-likeness (QED) is 0.886. The molecule has 0 radical (unpaired) electrons. The Labute approximate surface area is 111 Å². The summed E-state index contributed by atoms with van der Waals surface area (Å²) in [6, 6.07) is 6.65. The number of aliphatic hydroxyl groups excluding tert-OH is 1. The molecule has 2 rings (SSSR count). The maximum absolute atomic E-state index is 9.64. The van der Waals surface area contributed by atoms with E-state index in [1.807, 2.05) is 0 Å². The van der Waals surface area contributed by atoms with Gasteiger partial charge in [-0.2, -0.15) is 0 Å². The number of hydrogen-bond donors (Lipinski definition) is 1. The van der Waals surface area contributed by atoms with Gasteiger partial charge in [-0.3, -0.25) is 0 Å². The van der Waals surface area contributed by atoms with Gasteiger partial charge in [-0.05, 0) is 37.8 Å². The standard InChI is InChI=1S/C16H25NO/c1-13-7-8-15(17-9-5-4-6-10-17)14(11-13)16(2,3)12-18/h7-8,11,18H,4-6,9-10,12H2,1-3H3. The predicted molar refractivity (Wildman–Crippen MR) is 77.4 cm³/mol. The van der Waals surface area contributed by atoms with Crippen molar-refractivity contribution in [3.05, 3.63) is 29.3 Å². The van der Waals surface area contributed by atoms with E-state index < -0.39 is 0 Å². The van der Waals surface area contributed by atoms with Gasteiger partial charge in [0.05, 0.1) is 6.61 Å². The van der Waals surface area contributed by atoms with Gasteiger partial charge in [0.1, 0.15) is 0 Å².